The van der Waals surface area contributed by atoms with Crippen molar-refractivity contribution in [1.29, 1.82) is 0 Å². The number of aliphatic hydroxyl groups excluding tert-OH is 1. The lowest BCUT2D eigenvalue weighted by molar-refractivity contribution is -0.161. The molecule has 0 heterocycles. The van der Waals surface area contributed by atoms with Gasteiger partial charge in [0.05, 0.1) is 26.4 Å². The van der Waals surface area contributed by atoms with Crippen LogP contribution in [0.1, 0.15) is 292 Å². The van der Waals surface area contributed by atoms with Crippen molar-refractivity contribution in [3.8, 4) is 0 Å². The Hall–Kier alpha value is -1.94. The van der Waals surface area contributed by atoms with E-state index >= 15 is 0 Å². The summed E-state index contributed by atoms with van der Waals surface area (Å²) in [6, 6.07) is 0. The van der Waals surface area contributed by atoms with Gasteiger partial charge in [0.25, 0.3) is 0 Å². The lowest BCUT2D eigenvalue weighted by Crippen LogP contribution is -2.30. The van der Waals surface area contributed by atoms with Gasteiger partial charge in [-0.15, -0.1) is 0 Å². The molecular formula is C61H118O17P2. The fraction of sp³-hybridized carbons (Fsp3) is 0.934. The quantitative estimate of drug-likeness (QED) is 0.0222. The molecule has 2 unspecified atom stereocenters. The van der Waals surface area contributed by atoms with E-state index in [1.165, 1.54) is 83.5 Å². The summed E-state index contributed by atoms with van der Waals surface area (Å²) >= 11 is 0. The summed E-state index contributed by atoms with van der Waals surface area (Å²) in [5.41, 5.74) is 0. The van der Waals surface area contributed by atoms with Crippen LogP contribution in [0.4, 0.5) is 0 Å². The van der Waals surface area contributed by atoms with Crippen molar-refractivity contribution in [3.05, 3.63) is 0 Å². The average molecular weight is 1190 g/mol. The van der Waals surface area contributed by atoms with Gasteiger partial charge in [-0.05, 0) is 43.4 Å². The summed E-state index contributed by atoms with van der Waals surface area (Å²) in [6.07, 6.45) is 32.5. The Morgan fingerprint density at radius 2 is 0.575 bits per heavy atom. The number of hydrogen-bond acceptors (Lipinski definition) is 15. The highest BCUT2D eigenvalue weighted by Gasteiger charge is 2.30. The topological polar surface area (TPSA) is 237 Å². The van der Waals surface area contributed by atoms with Gasteiger partial charge in [-0.3, -0.25) is 37.3 Å². The number of esters is 4. The second-order valence-corrected chi connectivity index (χ2v) is 26.4. The van der Waals surface area contributed by atoms with E-state index in [2.05, 4.69) is 48.5 Å². The van der Waals surface area contributed by atoms with Crippen LogP contribution >= 0.6 is 15.6 Å². The summed E-state index contributed by atoms with van der Waals surface area (Å²) in [6.45, 7) is 11.6. The highest BCUT2D eigenvalue weighted by Crippen LogP contribution is 2.45. The molecule has 0 saturated carbocycles. The molecule has 0 aromatic carbocycles. The molecular weight excluding hydrogens is 1070 g/mol. The monoisotopic (exact) mass is 1180 g/mol. The zero-order valence-corrected chi connectivity index (χ0v) is 53.3. The van der Waals surface area contributed by atoms with E-state index in [0.29, 0.717) is 37.5 Å². The molecule has 0 amide bonds. The van der Waals surface area contributed by atoms with Crippen molar-refractivity contribution in [2.75, 3.05) is 39.6 Å². The van der Waals surface area contributed by atoms with Crippen LogP contribution in [0.2, 0.25) is 0 Å². The minimum Gasteiger partial charge on any atom is -0.462 e. The summed E-state index contributed by atoms with van der Waals surface area (Å²) in [4.78, 5) is 71.9. The van der Waals surface area contributed by atoms with Gasteiger partial charge in [0.2, 0.25) is 0 Å². The molecule has 17 nitrogen and oxygen atoms in total. The van der Waals surface area contributed by atoms with Crippen LogP contribution in [-0.2, 0) is 65.4 Å². The smallest absolute Gasteiger partial charge is 0.462 e. The Morgan fingerprint density at radius 3 is 0.850 bits per heavy atom. The van der Waals surface area contributed by atoms with Gasteiger partial charge in [0.15, 0.2) is 12.2 Å². The van der Waals surface area contributed by atoms with E-state index < -0.39 is 97.5 Å². The molecule has 3 N–H and O–H groups in total. The Bertz CT molecular complexity index is 1600. The fourth-order valence-corrected chi connectivity index (χ4v) is 10.5. The minimum absolute atomic E-state index is 0.101. The van der Waals surface area contributed by atoms with Crippen molar-refractivity contribution in [3.63, 3.8) is 0 Å². The molecule has 474 valence electrons. The average Bonchev–Trinajstić information content (AvgIpc) is 3.40. The summed E-state index contributed by atoms with van der Waals surface area (Å²) in [5, 5.41) is 10.5. The molecule has 0 bridgehead atoms. The first-order valence-corrected chi connectivity index (χ1v) is 34.8. The standard InChI is InChI=1S/C61H118O17P2/c1-8-9-10-11-18-28-35-42-58(63)71-48-57(78-61(66)45-38-31-24-22-27-34-41-54(6)7)51-76-80(69,70)74-47-55(62)46-73-79(67,68)75-50-56(49-72-59(64)43-36-29-23-21-26-33-40-53(4)5)77-60(65)44-37-30-20-17-15-13-12-14-16-19-25-32-39-52(2)3/h52-57,62H,8-51H2,1-7H3,(H,67,68)(H,69,70)/t55-,56-,57-/m1/s1. The first kappa shape index (κ1) is 78.1. The van der Waals surface area contributed by atoms with E-state index in [4.69, 9.17) is 37.0 Å². The SMILES string of the molecule is CCCCCCCCCC(=O)OC[C@H](COP(=O)(O)OC[C@H](O)COP(=O)(O)OC[C@@H](COC(=O)CCCCCCCCC(C)C)OC(=O)CCCCCCCCCCCCCCC(C)C)OC(=O)CCCCCCCCC(C)C. The van der Waals surface area contributed by atoms with Crippen molar-refractivity contribution >= 4 is 39.5 Å². The van der Waals surface area contributed by atoms with Gasteiger partial charge in [0.1, 0.15) is 19.3 Å². The highest BCUT2D eigenvalue weighted by molar-refractivity contribution is 7.47. The van der Waals surface area contributed by atoms with Crippen molar-refractivity contribution in [2.45, 2.75) is 311 Å². The summed E-state index contributed by atoms with van der Waals surface area (Å²) < 4.78 is 67.7. The molecule has 0 radical (unpaired) electrons. The normalized spacial score (nSPS) is 14.5. The maximum absolute atomic E-state index is 12.9. The van der Waals surface area contributed by atoms with Crippen LogP contribution in [0.3, 0.4) is 0 Å². The van der Waals surface area contributed by atoms with Crippen LogP contribution in [0, 0.1) is 17.8 Å². The molecule has 0 aliphatic carbocycles. The van der Waals surface area contributed by atoms with E-state index in [1.54, 1.807) is 0 Å². The predicted octanol–water partition coefficient (Wildman–Crippen LogP) is 16.3. The number of carbonyl (C=O) groups excluding carboxylic acids is 4. The molecule has 0 aliphatic rings. The number of rotatable bonds is 59. The van der Waals surface area contributed by atoms with Crippen LogP contribution in [0.25, 0.3) is 0 Å². The fourth-order valence-electron chi connectivity index (χ4n) is 8.95. The number of phosphoric acid groups is 2. The Kier molecular flexibility index (Phi) is 51.3. The largest absolute Gasteiger partial charge is 0.472 e. The molecule has 0 aliphatic heterocycles. The lowest BCUT2D eigenvalue weighted by Gasteiger charge is -2.21. The molecule has 5 atom stereocenters. The van der Waals surface area contributed by atoms with Gasteiger partial charge < -0.3 is 33.8 Å². The zero-order chi connectivity index (χ0) is 59.5. The molecule has 0 saturated heterocycles. The van der Waals surface area contributed by atoms with E-state index in [1.807, 2.05) is 0 Å². The number of phosphoric ester groups is 2. The van der Waals surface area contributed by atoms with Gasteiger partial charge in [-0.25, -0.2) is 9.13 Å². The number of aliphatic hydroxyl groups is 1. The molecule has 0 spiro atoms. The van der Waals surface area contributed by atoms with E-state index in [9.17, 15) is 43.2 Å². The van der Waals surface area contributed by atoms with Gasteiger partial charge in [-0.2, -0.15) is 0 Å². The van der Waals surface area contributed by atoms with Crippen molar-refractivity contribution in [1.82, 2.24) is 0 Å². The molecule has 19 heteroatoms. The summed E-state index contributed by atoms with van der Waals surface area (Å²) in [5.74, 6) is -0.0240. The van der Waals surface area contributed by atoms with Crippen molar-refractivity contribution < 1.29 is 80.2 Å². The second kappa shape index (κ2) is 52.6. The van der Waals surface area contributed by atoms with E-state index in [0.717, 1.165) is 115 Å². The minimum atomic E-state index is -4.94. The van der Waals surface area contributed by atoms with Crippen LogP contribution in [-0.4, -0.2) is 96.7 Å². The van der Waals surface area contributed by atoms with Gasteiger partial charge in [0, 0.05) is 25.7 Å². The number of ether oxygens (including phenoxy) is 4. The molecule has 0 fully saturated rings. The maximum Gasteiger partial charge on any atom is 0.472 e. The van der Waals surface area contributed by atoms with Crippen LogP contribution in [0.15, 0.2) is 0 Å². The number of unbranched alkanes of at least 4 members (excludes halogenated alkanes) is 27. The number of carbonyl (C=O) groups is 4. The zero-order valence-electron chi connectivity index (χ0n) is 51.5. The Labute approximate surface area is 486 Å². The maximum atomic E-state index is 12.9. The first-order valence-electron chi connectivity index (χ1n) is 31.8. The molecule has 0 aromatic heterocycles. The lowest BCUT2D eigenvalue weighted by atomic mass is 10.0. The number of hydrogen-bond donors (Lipinski definition) is 3. The van der Waals surface area contributed by atoms with Crippen LogP contribution in [0.5, 0.6) is 0 Å². The molecule has 0 rings (SSSR count). The molecule has 80 heavy (non-hydrogen) atoms. The van der Waals surface area contributed by atoms with Crippen LogP contribution < -0.4 is 0 Å². The first-order chi connectivity index (χ1) is 38.2. The highest BCUT2D eigenvalue weighted by atomic mass is 31.2. The third-order valence-corrected chi connectivity index (χ3v) is 15.8. The Balaban J connectivity index is 5.20. The third kappa shape index (κ3) is 55.3. The van der Waals surface area contributed by atoms with Gasteiger partial charge in [-0.1, -0.05) is 241 Å². The Morgan fingerprint density at radius 1 is 0.338 bits per heavy atom. The summed E-state index contributed by atoms with van der Waals surface area (Å²) in [7, 11) is -9.88. The van der Waals surface area contributed by atoms with Gasteiger partial charge >= 0.3 is 39.5 Å². The second-order valence-electron chi connectivity index (χ2n) is 23.5. The predicted molar refractivity (Wildman–Crippen MR) is 317 cm³/mol. The van der Waals surface area contributed by atoms with Crippen molar-refractivity contribution in [2.24, 2.45) is 17.8 Å². The molecule has 0 aromatic rings. The van der Waals surface area contributed by atoms with E-state index in [-0.39, 0.29) is 25.7 Å². The third-order valence-electron chi connectivity index (χ3n) is 13.9.